The van der Waals surface area contributed by atoms with Crippen LogP contribution < -0.4 is 5.73 Å². The number of hydrogen-bond donors (Lipinski definition) is 1. The fourth-order valence-corrected chi connectivity index (χ4v) is 3.26. The van der Waals surface area contributed by atoms with Crippen molar-refractivity contribution in [2.45, 2.75) is 44.2 Å². The predicted molar refractivity (Wildman–Crippen MR) is 78.2 cm³/mol. The molecule has 1 saturated carbocycles. The molecule has 0 saturated heterocycles. The number of nitrogens with zero attached hydrogens (tertiary/aromatic N) is 1. The summed E-state index contributed by atoms with van der Waals surface area (Å²) in [5.41, 5.74) is 9.05. The topological polar surface area (TPSA) is 55.6 Å². The van der Waals surface area contributed by atoms with Gasteiger partial charge in [0.05, 0.1) is 12.0 Å². The summed E-state index contributed by atoms with van der Waals surface area (Å²) in [5, 5.41) is 0. The van der Waals surface area contributed by atoms with E-state index < -0.39 is 0 Å². The van der Waals surface area contributed by atoms with E-state index in [2.05, 4.69) is 6.07 Å². The summed E-state index contributed by atoms with van der Waals surface area (Å²) >= 11 is 0. The van der Waals surface area contributed by atoms with Crippen LogP contribution in [0.15, 0.2) is 18.2 Å². The van der Waals surface area contributed by atoms with Crippen molar-refractivity contribution in [2.24, 2.45) is 0 Å². The molecular formula is C16H22N2O2. The fraction of sp³-hybridized carbons (Fsp3) is 0.562. The van der Waals surface area contributed by atoms with Gasteiger partial charge in [0, 0.05) is 25.9 Å². The number of nitrogen functional groups attached to an aromatic ring is 1. The minimum absolute atomic E-state index is 0.187. The van der Waals surface area contributed by atoms with Crippen LogP contribution in [-0.4, -0.2) is 30.1 Å². The lowest BCUT2D eigenvalue weighted by Gasteiger charge is -2.41. The van der Waals surface area contributed by atoms with Gasteiger partial charge in [-0.3, -0.25) is 4.79 Å². The molecule has 0 atom stereocenters. The van der Waals surface area contributed by atoms with Gasteiger partial charge in [-0.25, -0.2) is 0 Å². The number of methoxy groups -OCH3 is 1. The molecule has 1 fully saturated rings. The van der Waals surface area contributed by atoms with E-state index in [4.69, 9.17) is 10.5 Å². The van der Waals surface area contributed by atoms with Crippen molar-refractivity contribution >= 4 is 11.6 Å². The number of nitrogens with two attached hydrogens (primary N) is 1. The zero-order valence-corrected chi connectivity index (χ0v) is 12.0. The Hall–Kier alpha value is -1.55. The third kappa shape index (κ3) is 2.29. The number of hydrogen-bond acceptors (Lipinski definition) is 3. The maximum absolute atomic E-state index is 12.5. The van der Waals surface area contributed by atoms with Gasteiger partial charge in [-0.15, -0.1) is 0 Å². The second-order valence-electron chi connectivity index (χ2n) is 5.97. The molecule has 4 nitrogen and oxygen atoms in total. The minimum Gasteiger partial charge on any atom is -0.398 e. The molecule has 0 radical (unpaired) electrons. The summed E-state index contributed by atoms with van der Waals surface area (Å²) in [7, 11) is 1.72. The van der Waals surface area contributed by atoms with Gasteiger partial charge in [-0.05, 0) is 42.9 Å². The van der Waals surface area contributed by atoms with Crippen LogP contribution in [0.5, 0.6) is 0 Å². The Morgan fingerprint density at radius 3 is 2.90 bits per heavy atom. The van der Waals surface area contributed by atoms with E-state index in [1.165, 1.54) is 17.5 Å². The lowest BCUT2D eigenvalue weighted by Crippen LogP contribution is -2.46. The van der Waals surface area contributed by atoms with Crippen LogP contribution in [0.1, 0.15) is 36.8 Å². The molecule has 108 valence electrons. The molecule has 1 aliphatic carbocycles. The first kappa shape index (κ1) is 13.4. The Bertz CT molecular complexity index is 518. The second kappa shape index (κ2) is 5.09. The molecular weight excluding hydrogens is 252 g/mol. The summed E-state index contributed by atoms with van der Waals surface area (Å²) in [5.74, 6) is 0.208. The number of carbonyl (C=O) groups excluding carboxylic acids is 1. The monoisotopic (exact) mass is 274 g/mol. The van der Waals surface area contributed by atoms with Crippen molar-refractivity contribution in [2.75, 3.05) is 19.4 Å². The van der Waals surface area contributed by atoms with E-state index >= 15 is 0 Å². The number of benzene rings is 1. The van der Waals surface area contributed by atoms with Gasteiger partial charge < -0.3 is 15.4 Å². The van der Waals surface area contributed by atoms with E-state index in [-0.39, 0.29) is 11.5 Å². The van der Waals surface area contributed by atoms with Crippen molar-refractivity contribution in [3.05, 3.63) is 29.3 Å². The summed E-state index contributed by atoms with van der Waals surface area (Å²) in [6.07, 6.45) is 4.55. The van der Waals surface area contributed by atoms with Crippen molar-refractivity contribution in [3.63, 3.8) is 0 Å². The number of fused-ring (bicyclic) bond motifs is 1. The Kier molecular flexibility index (Phi) is 3.42. The maximum atomic E-state index is 12.5. The van der Waals surface area contributed by atoms with Gasteiger partial charge in [0.2, 0.25) is 5.91 Å². The van der Waals surface area contributed by atoms with Gasteiger partial charge in [-0.1, -0.05) is 12.1 Å². The first-order valence-electron chi connectivity index (χ1n) is 7.33. The number of amides is 1. The molecule has 0 bridgehead atoms. The lowest BCUT2D eigenvalue weighted by molar-refractivity contribution is -0.145. The lowest BCUT2D eigenvalue weighted by atomic mass is 9.77. The zero-order valence-electron chi connectivity index (χ0n) is 12.0. The van der Waals surface area contributed by atoms with Crippen molar-refractivity contribution in [1.82, 2.24) is 4.90 Å². The highest BCUT2D eigenvalue weighted by atomic mass is 16.5. The molecule has 0 unspecified atom stereocenters. The van der Waals surface area contributed by atoms with Crippen LogP contribution >= 0.6 is 0 Å². The zero-order chi connectivity index (χ0) is 14.2. The van der Waals surface area contributed by atoms with Gasteiger partial charge >= 0.3 is 0 Å². The first-order chi connectivity index (χ1) is 9.63. The van der Waals surface area contributed by atoms with Crippen molar-refractivity contribution < 1.29 is 9.53 Å². The van der Waals surface area contributed by atoms with Crippen LogP contribution in [0.4, 0.5) is 5.69 Å². The summed E-state index contributed by atoms with van der Waals surface area (Å²) in [6, 6.07) is 5.97. The molecule has 1 aromatic rings. The van der Waals surface area contributed by atoms with E-state index in [0.29, 0.717) is 13.0 Å². The van der Waals surface area contributed by atoms with Crippen molar-refractivity contribution in [3.8, 4) is 0 Å². The predicted octanol–water partition coefficient (Wildman–Crippen LogP) is 2.11. The normalized spacial score (nSPS) is 20.1. The average Bonchev–Trinajstić information content (AvgIpc) is 2.42. The SMILES string of the molecule is COC1(CC(=O)N2CCc3c(N)cccc3C2)CCC1. The van der Waals surface area contributed by atoms with Gasteiger partial charge in [0.25, 0.3) is 0 Å². The second-order valence-corrected chi connectivity index (χ2v) is 5.97. The molecule has 1 amide bonds. The summed E-state index contributed by atoms with van der Waals surface area (Å²) in [4.78, 5) is 14.4. The molecule has 3 rings (SSSR count). The quantitative estimate of drug-likeness (QED) is 0.859. The molecule has 0 spiro atoms. The first-order valence-corrected chi connectivity index (χ1v) is 7.33. The van der Waals surface area contributed by atoms with Crippen LogP contribution in [0, 0.1) is 0 Å². The van der Waals surface area contributed by atoms with Crippen LogP contribution in [0.25, 0.3) is 0 Å². The van der Waals surface area contributed by atoms with E-state index in [0.717, 1.165) is 31.5 Å². The molecule has 4 heteroatoms. The highest BCUT2D eigenvalue weighted by Gasteiger charge is 2.40. The number of carbonyl (C=O) groups is 1. The third-order valence-corrected chi connectivity index (χ3v) is 4.83. The average molecular weight is 274 g/mol. The highest BCUT2D eigenvalue weighted by Crippen LogP contribution is 2.38. The van der Waals surface area contributed by atoms with Gasteiger partial charge in [0.1, 0.15) is 0 Å². The Morgan fingerprint density at radius 2 is 2.25 bits per heavy atom. The molecule has 0 aromatic heterocycles. The molecule has 1 aliphatic heterocycles. The minimum atomic E-state index is -0.187. The number of ether oxygens (including phenoxy) is 1. The number of rotatable bonds is 3. The van der Waals surface area contributed by atoms with E-state index in [1.807, 2.05) is 17.0 Å². The van der Waals surface area contributed by atoms with Crippen LogP contribution in [0.2, 0.25) is 0 Å². The van der Waals surface area contributed by atoms with Gasteiger partial charge in [0.15, 0.2) is 0 Å². The largest absolute Gasteiger partial charge is 0.398 e. The summed E-state index contributed by atoms with van der Waals surface area (Å²) < 4.78 is 5.56. The Balaban J connectivity index is 1.69. The third-order valence-electron chi connectivity index (χ3n) is 4.83. The molecule has 2 N–H and O–H groups in total. The Labute approximate surface area is 119 Å². The molecule has 1 heterocycles. The molecule has 1 aromatic carbocycles. The molecule has 2 aliphatic rings. The van der Waals surface area contributed by atoms with Crippen LogP contribution in [0.3, 0.4) is 0 Å². The van der Waals surface area contributed by atoms with E-state index in [9.17, 15) is 4.79 Å². The standard InChI is InChI=1S/C16H22N2O2/c1-20-16(7-3-8-16)10-15(19)18-9-6-13-12(11-18)4-2-5-14(13)17/h2,4-5H,3,6-11,17H2,1H3. The van der Waals surface area contributed by atoms with Gasteiger partial charge in [-0.2, -0.15) is 0 Å². The number of anilines is 1. The van der Waals surface area contributed by atoms with E-state index in [1.54, 1.807) is 7.11 Å². The molecule has 20 heavy (non-hydrogen) atoms. The Morgan fingerprint density at radius 1 is 1.45 bits per heavy atom. The smallest absolute Gasteiger partial charge is 0.225 e. The van der Waals surface area contributed by atoms with Crippen LogP contribution in [-0.2, 0) is 22.5 Å². The fourth-order valence-electron chi connectivity index (χ4n) is 3.26. The summed E-state index contributed by atoms with van der Waals surface area (Å²) in [6.45, 7) is 1.44. The maximum Gasteiger partial charge on any atom is 0.225 e. The highest BCUT2D eigenvalue weighted by molar-refractivity contribution is 5.78. The van der Waals surface area contributed by atoms with Crippen molar-refractivity contribution in [1.29, 1.82) is 0 Å².